The van der Waals surface area contributed by atoms with Crippen LogP contribution in [-0.4, -0.2) is 17.3 Å². The average molecular weight is 290 g/mol. The van der Waals surface area contributed by atoms with Crippen molar-refractivity contribution in [2.75, 3.05) is 0 Å². The van der Waals surface area contributed by atoms with Crippen LogP contribution in [0.25, 0.3) is 0 Å². The van der Waals surface area contributed by atoms with Gasteiger partial charge in [-0.15, -0.1) is 11.3 Å². The Kier molecular flexibility index (Phi) is 4.20. The molecule has 0 aliphatic heterocycles. The third-order valence-corrected chi connectivity index (χ3v) is 4.58. The average Bonchev–Trinajstić information content (AvgIpc) is 2.64. The zero-order chi connectivity index (χ0) is 10.7. The van der Waals surface area contributed by atoms with E-state index in [1.54, 1.807) is 11.3 Å². The van der Waals surface area contributed by atoms with Gasteiger partial charge < -0.3 is 10.4 Å². The van der Waals surface area contributed by atoms with Gasteiger partial charge in [-0.05, 0) is 47.7 Å². The molecule has 4 heteroatoms. The molecule has 0 unspecified atom stereocenters. The summed E-state index contributed by atoms with van der Waals surface area (Å²) < 4.78 is 1.17. The van der Waals surface area contributed by atoms with Crippen LogP contribution in [0.4, 0.5) is 0 Å². The van der Waals surface area contributed by atoms with E-state index in [0.717, 1.165) is 32.2 Å². The summed E-state index contributed by atoms with van der Waals surface area (Å²) in [5.41, 5.74) is 0. The number of nitrogens with one attached hydrogen (secondary N) is 1. The Morgan fingerprint density at radius 3 is 2.73 bits per heavy atom. The molecule has 1 aliphatic rings. The number of aliphatic hydroxyl groups is 1. The number of rotatable bonds is 3. The fraction of sp³-hybridized carbons (Fsp3) is 0.636. The van der Waals surface area contributed by atoms with Crippen molar-refractivity contribution in [2.45, 2.75) is 44.4 Å². The molecule has 0 atom stereocenters. The van der Waals surface area contributed by atoms with Crippen molar-refractivity contribution in [2.24, 2.45) is 0 Å². The number of halogens is 1. The lowest BCUT2D eigenvalue weighted by Gasteiger charge is -2.26. The molecule has 0 aromatic carbocycles. The summed E-state index contributed by atoms with van der Waals surface area (Å²) in [4.78, 5) is 1.37. The maximum Gasteiger partial charge on any atom is 0.0541 e. The zero-order valence-corrected chi connectivity index (χ0v) is 11.0. The monoisotopic (exact) mass is 289 g/mol. The molecule has 0 amide bonds. The van der Waals surface area contributed by atoms with Gasteiger partial charge in [0.15, 0.2) is 0 Å². The number of aliphatic hydroxyl groups excluding tert-OH is 1. The highest BCUT2D eigenvalue weighted by Gasteiger charge is 2.18. The molecular formula is C11H16BrNOS. The first-order valence-corrected chi connectivity index (χ1v) is 7.05. The van der Waals surface area contributed by atoms with Crippen molar-refractivity contribution in [1.82, 2.24) is 5.32 Å². The minimum Gasteiger partial charge on any atom is -0.393 e. The number of hydrogen-bond acceptors (Lipinski definition) is 3. The van der Waals surface area contributed by atoms with Crippen LogP contribution in [0.1, 0.15) is 30.6 Å². The topological polar surface area (TPSA) is 32.3 Å². The van der Waals surface area contributed by atoms with Crippen molar-refractivity contribution < 1.29 is 5.11 Å². The van der Waals surface area contributed by atoms with Gasteiger partial charge in [-0.2, -0.15) is 0 Å². The summed E-state index contributed by atoms with van der Waals surface area (Å²) in [6.45, 7) is 0.955. The second-order valence-electron chi connectivity index (χ2n) is 4.12. The van der Waals surface area contributed by atoms with Gasteiger partial charge >= 0.3 is 0 Å². The Morgan fingerprint density at radius 1 is 1.40 bits per heavy atom. The minimum atomic E-state index is -0.0565. The molecule has 1 aromatic heterocycles. The van der Waals surface area contributed by atoms with Gasteiger partial charge in [0.05, 0.1) is 6.10 Å². The Balaban J connectivity index is 1.74. The maximum absolute atomic E-state index is 9.38. The molecular weight excluding hydrogens is 274 g/mol. The molecule has 1 aliphatic carbocycles. The molecule has 2 nitrogen and oxygen atoms in total. The Labute approximate surface area is 103 Å². The van der Waals surface area contributed by atoms with E-state index in [2.05, 4.69) is 32.7 Å². The van der Waals surface area contributed by atoms with Gasteiger partial charge in [-0.25, -0.2) is 0 Å². The lowest BCUT2D eigenvalue weighted by atomic mass is 9.93. The van der Waals surface area contributed by atoms with E-state index in [9.17, 15) is 5.11 Å². The molecule has 0 spiro atoms. The van der Waals surface area contributed by atoms with Gasteiger partial charge in [-0.3, -0.25) is 0 Å². The highest BCUT2D eigenvalue weighted by Crippen LogP contribution is 2.22. The summed E-state index contributed by atoms with van der Waals surface area (Å²) >= 11 is 5.24. The normalized spacial score (nSPS) is 26.8. The highest BCUT2D eigenvalue weighted by atomic mass is 79.9. The molecule has 0 saturated heterocycles. The molecule has 1 aromatic rings. The molecule has 2 rings (SSSR count). The summed E-state index contributed by atoms with van der Waals surface area (Å²) in [6.07, 6.45) is 4.05. The lowest BCUT2D eigenvalue weighted by molar-refractivity contribution is 0.116. The Bertz CT molecular complexity index is 307. The van der Waals surface area contributed by atoms with Gasteiger partial charge in [0.2, 0.25) is 0 Å². The quantitative estimate of drug-likeness (QED) is 0.897. The van der Waals surface area contributed by atoms with Crippen molar-refractivity contribution in [3.8, 4) is 0 Å². The number of thiophene rings is 1. The fourth-order valence-corrected chi connectivity index (χ4v) is 3.37. The lowest BCUT2D eigenvalue weighted by Crippen LogP contribution is -2.33. The van der Waals surface area contributed by atoms with E-state index in [0.29, 0.717) is 6.04 Å². The smallest absolute Gasteiger partial charge is 0.0541 e. The third kappa shape index (κ3) is 3.55. The fourth-order valence-electron chi connectivity index (χ4n) is 1.97. The predicted molar refractivity (Wildman–Crippen MR) is 67.1 cm³/mol. The second kappa shape index (κ2) is 5.43. The zero-order valence-electron chi connectivity index (χ0n) is 8.58. The molecule has 0 bridgehead atoms. The Morgan fingerprint density at radius 2 is 2.13 bits per heavy atom. The van der Waals surface area contributed by atoms with Crippen molar-refractivity contribution in [3.63, 3.8) is 0 Å². The first-order chi connectivity index (χ1) is 7.24. The molecule has 15 heavy (non-hydrogen) atoms. The largest absolute Gasteiger partial charge is 0.393 e. The van der Waals surface area contributed by atoms with Gasteiger partial charge in [0, 0.05) is 27.3 Å². The van der Waals surface area contributed by atoms with Crippen LogP contribution in [0.3, 0.4) is 0 Å². The van der Waals surface area contributed by atoms with Crippen LogP contribution < -0.4 is 5.32 Å². The van der Waals surface area contributed by atoms with E-state index >= 15 is 0 Å². The van der Waals surface area contributed by atoms with Crippen LogP contribution >= 0.6 is 27.3 Å². The summed E-state index contributed by atoms with van der Waals surface area (Å²) in [5.74, 6) is 0. The van der Waals surface area contributed by atoms with E-state index in [4.69, 9.17) is 0 Å². The predicted octanol–water partition coefficient (Wildman–Crippen LogP) is 2.90. The van der Waals surface area contributed by atoms with Gasteiger partial charge in [0.25, 0.3) is 0 Å². The third-order valence-electron chi connectivity index (χ3n) is 2.88. The standard InChI is InChI=1S/C11H16BrNOS/c12-8-5-11(15-7-8)6-13-9-1-3-10(14)4-2-9/h5,7,9-10,13-14H,1-4,6H2. The van der Waals surface area contributed by atoms with Gasteiger partial charge in [-0.1, -0.05) is 0 Å². The summed E-state index contributed by atoms with van der Waals surface area (Å²) in [7, 11) is 0. The van der Waals surface area contributed by atoms with Crippen molar-refractivity contribution in [1.29, 1.82) is 0 Å². The van der Waals surface area contributed by atoms with Gasteiger partial charge in [0.1, 0.15) is 0 Å². The van der Waals surface area contributed by atoms with Crippen LogP contribution in [-0.2, 0) is 6.54 Å². The van der Waals surface area contributed by atoms with Crippen molar-refractivity contribution >= 4 is 27.3 Å². The maximum atomic E-state index is 9.38. The molecule has 1 fully saturated rings. The van der Waals surface area contributed by atoms with E-state index in [1.807, 2.05) is 0 Å². The van der Waals surface area contributed by atoms with Crippen LogP contribution in [0.5, 0.6) is 0 Å². The number of hydrogen-bond donors (Lipinski definition) is 2. The second-order valence-corrected chi connectivity index (χ2v) is 6.03. The Hall–Kier alpha value is 0.1000. The summed E-state index contributed by atoms with van der Waals surface area (Å²) in [6, 6.07) is 2.75. The SMILES string of the molecule is OC1CCC(NCc2cc(Br)cs2)CC1. The van der Waals surface area contributed by atoms with Crippen LogP contribution in [0.2, 0.25) is 0 Å². The molecule has 0 radical (unpaired) electrons. The van der Waals surface area contributed by atoms with Crippen LogP contribution in [0.15, 0.2) is 15.9 Å². The molecule has 1 heterocycles. The molecule has 2 N–H and O–H groups in total. The first-order valence-electron chi connectivity index (χ1n) is 5.38. The van der Waals surface area contributed by atoms with E-state index in [-0.39, 0.29) is 6.10 Å². The van der Waals surface area contributed by atoms with E-state index in [1.165, 1.54) is 9.35 Å². The molecule has 1 saturated carbocycles. The molecule has 84 valence electrons. The first kappa shape index (κ1) is 11.6. The summed E-state index contributed by atoms with van der Waals surface area (Å²) in [5, 5.41) is 15.0. The van der Waals surface area contributed by atoms with E-state index < -0.39 is 0 Å². The highest BCUT2D eigenvalue weighted by molar-refractivity contribution is 9.10. The van der Waals surface area contributed by atoms with Crippen molar-refractivity contribution in [3.05, 3.63) is 20.8 Å². The minimum absolute atomic E-state index is 0.0565. The van der Waals surface area contributed by atoms with Crippen LogP contribution in [0, 0.1) is 0 Å².